The smallest absolute Gasteiger partial charge is 0.408 e. The molecule has 0 spiro atoms. The molecule has 4 atom stereocenters. The van der Waals surface area contributed by atoms with Crippen molar-refractivity contribution >= 4 is 22.9 Å². The van der Waals surface area contributed by atoms with Crippen LogP contribution in [0.4, 0.5) is 4.79 Å². The minimum absolute atomic E-state index is 0.0415. The Hall–Kier alpha value is -3.28. The van der Waals surface area contributed by atoms with Gasteiger partial charge in [-0.05, 0) is 61.1 Å². The highest BCUT2D eigenvalue weighted by atomic mass is 16.6. The monoisotopic (exact) mass is 501 g/mol. The van der Waals surface area contributed by atoms with Crippen molar-refractivity contribution in [3.8, 4) is 0 Å². The second kappa shape index (κ2) is 9.55. The van der Waals surface area contributed by atoms with Crippen LogP contribution in [0, 0.1) is 16.7 Å². The zero-order valence-electron chi connectivity index (χ0n) is 22.4. The van der Waals surface area contributed by atoms with Gasteiger partial charge < -0.3 is 20.4 Å². The van der Waals surface area contributed by atoms with Crippen LogP contribution in [-0.2, 0) is 22.4 Å². The molecule has 6 heteroatoms. The summed E-state index contributed by atoms with van der Waals surface area (Å²) in [7, 11) is 0. The maximum Gasteiger partial charge on any atom is 0.408 e. The fraction of sp³-hybridized carbons (Fsp3) is 0.484. The van der Waals surface area contributed by atoms with E-state index in [1.54, 1.807) is 6.92 Å². The second-order valence-electron chi connectivity index (χ2n) is 12.0. The van der Waals surface area contributed by atoms with Gasteiger partial charge in [-0.25, -0.2) is 4.79 Å². The van der Waals surface area contributed by atoms with Crippen LogP contribution >= 0.6 is 0 Å². The molecule has 3 aromatic rings. The van der Waals surface area contributed by atoms with Crippen LogP contribution in [0.1, 0.15) is 58.1 Å². The predicted molar refractivity (Wildman–Crippen MR) is 146 cm³/mol. The van der Waals surface area contributed by atoms with E-state index >= 15 is 0 Å². The lowest BCUT2D eigenvalue weighted by atomic mass is 9.70. The second-order valence-corrected chi connectivity index (χ2v) is 12.0. The molecule has 1 unspecified atom stereocenters. The highest BCUT2D eigenvalue weighted by molar-refractivity contribution is 5.91. The molecule has 2 amide bonds. The van der Waals surface area contributed by atoms with E-state index in [4.69, 9.17) is 4.74 Å². The van der Waals surface area contributed by atoms with Crippen LogP contribution < -0.4 is 10.6 Å². The first-order valence-corrected chi connectivity index (χ1v) is 13.5. The summed E-state index contributed by atoms with van der Waals surface area (Å²) in [6.07, 6.45) is 5.47. The number of fused-ring (bicyclic) bond motifs is 3. The zero-order valence-corrected chi connectivity index (χ0v) is 22.4. The molecule has 1 aromatic heterocycles. The Labute approximate surface area is 219 Å². The third-order valence-corrected chi connectivity index (χ3v) is 9.60. The number of hydrogen-bond donors (Lipinski definition) is 3. The molecule has 196 valence electrons. The van der Waals surface area contributed by atoms with Crippen molar-refractivity contribution in [3.63, 3.8) is 0 Å². The van der Waals surface area contributed by atoms with E-state index in [0.717, 1.165) is 41.3 Å². The molecule has 2 saturated carbocycles. The third-order valence-electron chi connectivity index (χ3n) is 9.60. The number of H-pyrrole nitrogens is 1. The van der Waals surface area contributed by atoms with Gasteiger partial charge in [-0.1, -0.05) is 69.3 Å². The van der Waals surface area contributed by atoms with E-state index in [2.05, 4.69) is 36.4 Å². The fourth-order valence-corrected chi connectivity index (χ4v) is 6.69. The molecule has 3 N–H and O–H groups in total. The van der Waals surface area contributed by atoms with Gasteiger partial charge in [0.05, 0.1) is 0 Å². The average Bonchev–Trinajstić information content (AvgIpc) is 3.43. The standard InChI is InChI=1S/C31H39N3O3/c1-29(2)23-14-16-30(29,3)26(18-23)37-28(36)34-31(4,19-22-20-33-25-13-9-8-12-24(22)25)27(35)32-17-15-21-10-6-5-7-11-21/h5-13,20,23,26,33H,14-19H2,1-4H3,(H,32,35)(H,34,36)/t23-,26+,30+,31?/m0/s1. The molecule has 2 bridgehead atoms. The highest BCUT2D eigenvalue weighted by Gasteiger charge is 2.63. The van der Waals surface area contributed by atoms with Gasteiger partial charge in [-0.2, -0.15) is 0 Å². The van der Waals surface area contributed by atoms with Gasteiger partial charge in [0.15, 0.2) is 0 Å². The quantitative estimate of drug-likeness (QED) is 0.366. The highest BCUT2D eigenvalue weighted by Crippen LogP contribution is 2.66. The Morgan fingerprint density at radius 2 is 1.81 bits per heavy atom. The van der Waals surface area contributed by atoms with Crippen molar-refractivity contribution in [1.29, 1.82) is 0 Å². The topological polar surface area (TPSA) is 83.2 Å². The van der Waals surface area contributed by atoms with Crippen LogP contribution in [0.5, 0.6) is 0 Å². The first-order valence-electron chi connectivity index (χ1n) is 13.5. The molecule has 1 heterocycles. The summed E-state index contributed by atoms with van der Waals surface area (Å²) in [6.45, 7) is 9.12. The largest absolute Gasteiger partial charge is 0.446 e. The number of carbonyl (C=O) groups excluding carboxylic acids is 2. The Bertz CT molecular complexity index is 1280. The molecule has 2 fully saturated rings. The Balaban J connectivity index is 1.32. The maximum absolute atomic E-state index is 13.6. The Morgan fingerprint density at radius 1 is 1.08 bits per heavy atom. The number of aromatic amines is 1. The van der Waals surface area contributed by atoms with Crippen LogP contribution in [0.3, 0.4) is 0 Å². The van der Waals surface area contributed by atoms with Crippen molar-refractivity contribution in [2.45, 2.75) is 71.4 Å². The molecule has 37 heavy (non-hydrogen) atoms. The van der Waals surface area contributed by atoms with Gasteiger partial charge in [0.1, 0.15) is 11.6 Å². The number of carbonyl (C=O) groups is 2. The number of nitrogens with one attached hydrogen (secondary N) is 3. The molecule has 0 aliphatic heterocycles. The minimum Gasteiger partial charge on any atom is -0.446 e. The van der Waals surface area contributed by atoms with Crippen LogP contribution in [0.15, 0.2) is 60.8 Å². The first-order chi connectivity index (χ1) is 17.6. The summed E-state index contributed by atoms with van der Waals surface area (Å²) in [5, 5.41) is 7.09. The van der Waals surface area contributed by atoms with Gasteiger partial charge >= 0.3 is 6.09 Å². The van der Waals surface area contributed by atoms with Crippen molar-refractivity contribution < 1.29 is 14.3 Å². The number of benzene rings is 2. The average molecular weight is 502 g/mol. The third kappa shape index (κ3) is 4.62. The van der Waals surface area contributed by atoms with Crippen molar-refractivity contribution in [1.82, 2.24) is 15.6 Å². The van der Waals surface area contributed by atoms with Gasteiger partial charge in [0, 0.05) is 35.5 Å². The Kier molecular flexibility index (Phi) is 6.55. The van der Waals surface area contributed by atoms with Gasteiger partial charge in [-0.15, -0.1) is 0 Å². The normalized spacial score (nSPS) is 25.5. The van der Waals surface area contributed by atoms with Gasteiger partial charge in [-0.3, -0.25) is 4.79 Å². The lowest BCUT2D eigenvalue weighted by Crippen LogP contribution is -2.59. The summed E-state index contributed by atoms with van der Waals surface area (Å²) >= 11 is 0. The number of hydrogen-bond acceptors (Lipinski definition) is 3. The van der Waals surface area contributed by atoms with E-state index < -0.39 is 11.6 Å². The number of aromatic nitrogens is 1. The van der Waals surface area contributed by atoms with E-state index in [1.807, 2.05) is 60.8 Å². The summed E-state index contributed by atoms with van der Waals surface area (Å²) < 4.78 is 6.07. The molecule has 5 rings (SSSR count). The molecule has 2 aromatic carbocycles. The molecule has 2 aliphatic rings. The van der Waals surface area contributed by atoms with Crippen LogP contribution in [-0.4, -0.2) is 35.2 Å². The van der Waals surface area contributed by atoms with E-state index in [1.165, 1.54) is 6.42 Å². The van der Waals surface area contributed by atoms with E-state index in [9.17, 15) is 9.59 Å². The lowest BCUT2D eigenvalue weighted by molar-refractivity contribution is -0.127. The predicted octanol–water partition coefficient (Wildman–Crippen LogP) is 5.77. The number of alkyl carbamates (subject to hydrolysis) is 1. The fourth-order valence-electron chi connectivity index (χ4n) is 6.69. The van der Waals surface area contributed by atoms with Crippen LogP contribution in [0.25, 0.3) is 10.9 Å². The van der Waals surface area contributed by atoms with E-state index in [-0.39, 0.29) is 22.8 Å². The summed E-state index contributed by atoms with van der Waals surface area (Å²) in [5.41, 5.74) is 2.06. The van der Waals surface area contributed by atoms with Gasteiger partial charge in [0.25, 0.3) is 0 Å². The first kappa shape index (κ1) is 25.4. The number of para-hydroxylation sites is 1. The minimum atomic E-state index is -1.17. The van der Waals surface area contributed by atoms with Crippen LogP contribution in [0.2, 0.25) is 0 Å². The van der Waals surface area contributed by atoms with E-state index in [0.29, 0.717) is 18.9 Å². The van der Waals surface area contributed by atoms with Gasteiger partial charge in [0.2, 0.25) is 5.91 Å². The molecule has 6 nitrogen and oxygen atoms in total. The Morgan fingerprint density at radius 3 is 2.51 bits per heavy atom. The molecule has 0 saturated heterocycles. The molecule has 0 radical (unpaired) electrons. The summed E-state index contributed by atoms with van der Waals surface area (Å²) in [6, 6.07) is 18.1. The lowest BCUT2D eigenvalue weighted by Gasteiger charge is -2.39. The zero-order chi connectivity index (χ0) is 26.3. The maximum atomic E-state index is 13.6. The molecular formula is C31H39N3O3. The molecular weight excluding hydrogens is 462 g/mol. The number of amides is 2. The molecule has 2 aliphatic carbocycles. The van der Waals surface area contributed by atoms with Crippen molar-refractivity contribution in [2.24, 2.45) is 16.7 Å². The number of ether oxygens (including phenoxy) is 1. The van der Waals surface area contributed by atoms with Crippen molar-refractivity contribution in [3.05, 3.63) is 71.9 Å². The summed E-state index contributed by atoms with van der Waals surface area (Å²) in [5.74, 6) is 0.347. The summed E-state index contributed by atoms with van der Waals surface area (Å²) in [4.78, 5) is 30.2. The SMILES string of the molecule is CC(Cc1c[nH]c2ccccc12)(NC(=O)O[C@@H]1C[C@@H]2CC[C@@]1(C)C2(C)C)C(=O)NCCc1ccccc1. The van der Waals surface area contributed by atoms with Crippen molar-refractivity contribution in [2.75, 3.05) is 6.54 Å². The number of rotatable bonds is 8.